The average Bonchev–Trinajstić information content (AvgIpc) is 2.55. The minimum atomic E-state index is -1.27. The van der Waals surface area contributed by atoms with Crippen molar-refractivity contribution in [2.45, 2.75) is 5.54 Å². The molecule has 0 aromatic heterocycles. The Morgan fingerprint density at radius 1 is 0.952 bits per heavy atom. The van der Waals surface area contributed by atoms with Crippen molar-refractivity contribution in [3.8, 4) is 0 Å². The van der Waals surface area contributed by atoms with Gasteiger partial charge in [-0.15, -0.1) is 0 Å². The zero-order chi connectivity index (χ0) is 16.9. The maximum atomic E-state index is 10.5. The fourth-order valence-corrected chi connectivity index (χ4v) is 0.715. The fraction of sp³-hybridized carbons (Fsp3) is 0.750. The highest BCUT2D eigenvalue weighted by molar-refractivity contribution is 5.81. The summed E-state index contributed by atoms with van der Waals surface area (Å²) in [6.45, 7) is 0.415. The molecule has 0 spiro atoms. The van der Waals surface area contributed by atoms with Crippen LogP contribution >= 0.6 is 0 Å². The maximum absolute atomic E-state index is 10.5. The van der Waals surface area contributed by atoms with E-state index in [0.717, 1.165) is 6.08 Å². The third-order valence-corrected chi connectivity index (χ3v) is 2.64. The smallest absolute Gasteiger partial charge is 0.330 e. The van der Waals surface area contributed by atoms with Crippen LogP contribution < -0.4 is 5.73 Å². The summed E-state index contributed by atoms with van der Waals surface area (Å²) in [7, 11) is 0. The van der Waals surface area contributed by atoms with Crippen molar-refractivity contribution >= 4 is 5.97 Å². The highest BCUT2D eigenvalue weighted by Gasteiger charge is 2.26. The zero-order valence-electron chi connectivity index (χ0n) is 11.8. The van der Waals surface area contributed by atoms with Gasteiger partial charge in [0.1, 0.15) is 6.61 Å². The molecule has 0 amide bonds. The van der Waals surface area contributed by atoms with Crippen molar-refractivity contribution < 1.29 is 40.2 Å². The lowest BCUT2D eigenvalue weighted by Gasteiger charge is -2.23. The van der Waals surface area contributed by atoms with Crippen LogP contribution in [0.5, 0.6) is 0 Å². The lowest BCUT2D eigenvalue weighted by atomic mass is 9.93. The van der Waals surface area contributed by atoms with Crippen molar-refractivity contribution in [2.75, 3.05) is 46.2 Å². The van der Waals surface area contributed by atoms with Crippen LogP contribution in [0, 0.1) is 5.41 Å². The third-order valence-electron chi connectivity index (χ3n) is 2.64. The number of aliphatic hydroxyl groups is 6. The van der Waals surface area contributed by atoms with Crippen LogP contribution in [0.3, 0.4) is 0 Å². The first-order chi connectivity index (χ1) is 9.82. The molecule has 0 heterocycles. The molecule has 0 aliphatic heterocycles. The second-order valence-electron chi connectivity index (χ2n) is 4.62. The second kappa shape index (κ2) is 11.6. The average molecular weight is 311 g/mol. The summed E-state index contributed by atoms with van der Waals surface area (Å²) < 4.78 is 4.54. The maximum Gasteiger partial charge on any atom is 0.330 e. The van der Waals surface area contributed by atoms with E-state index >= 15 is 0 Å². The van der Waals surface area contributed by atoms with Gasteiger partial charge in [-0.1, -0.05) is 6.58 Å². The van der Waals surface area contributed by atoms with Crippen LogP contribution in [-0.2, 0) is 9.53 Å². The van der Waals surface area contributed by atoms with E-state index in [1.165, 1.54) is 0 Å². The van der Waals surface area contributed by atoms with Crippen LogP contribution in [0.1, 0.15) is 0 Å². The SMILES string of the molecule is C=CC(=O)OCC(N)(CO)CO.OCC(CO)(CO)CO. The molecule has 0 aromatic carbocycles. The predicted molar refractivity (Wildman–Crippen MR) is 73.0 cm³/mol. The summed E-state index contributed by atoms with van der Waals surface area (Å²) in [5, 5.41) is 51.3. The molecule has 0 radical (unpaired) electrons. The first kappa shape index (κ1) is 22.2. The highest BCUT2D eigenvalue weighted by Crippen LogP contribution is 2.11. The molecule has 0 unspecified atom stereocenters. The van der Waals surface area contributed by atoms with Gasteiger partial charge in [-0.3, -0.25) is 0 Å². The van der Waals surface area contributed by atoms with Gasteiger partial charge >= 0.3 is 5.97 Å². The molecule has 0 bridgehead atoms. The van der Waals surface area contributed by atoms with Crippen molar-refractivity contribution in [1.82, 2.24) is 0 Å². The summed E-state index contributed by atoms with van der Waals surface area (Å²) in [5.41, 5.74) is 3.01. The first-order valence-corrected chi connectivity index (χ1v) is 6.05. The van der Waals surface area contributed by atoms with Gasteiger partial charge in [0.15, 0.2) is 0 Å². The van der Waals surface area contributed by atoms with Gasteiger partial charge in [0, 0.05) is 6.08 Å². The van der Waals surface area contributed by atoms with Crippen LogP contribution in [0.25, 0.3) is 0 Å². The lowest BCUT2D eigenvalue weighted by molar-refractivity contribution is -0.140. The Morgan fingerprint density at radius 2 is 1.33 bits per heavy atom. The molecule has 0 aliphatic carbocycles. The lowest BCUT2D eigenvalue weighted by Crippen LogP contribution is -2.51. The molecule has 8 N–H and O–H groups in total. The molecule has 126 valence electrons. The molecular weight excluding hydrogens is 286 g/mol. The molecule has 0 saturated carbocycles. The van der Waals surface area contributed by atoms with E-state index in [-0.39, 0.29) is 6.61 Å². The van der Waals surface area contributed by atoms with Crippen molar-refractivity contribution in [3.63, 3.8) is 0 Å². The molecule has 0 fully saturated rings. The Hall–Kier alpha value is -1.07. The number of nitrogens with two attached hydrogens (primary N) is 1. The van der Waals surface area contributed by atoms with Crippen LogP contribution in [0.15, 0.2) is 12.7 Å². The van der Waals surface area contributed by atoms with Crippen molar-refractivity contribution in [1.29, 1.82) is 0 Å². The van der Waals surface area contributed by atoms with E-state index in [0.29, 0.717) is 0 Å². The zero-order valence-corrected chi connectivity index (χ0v) is 11.8. The van der Waals surface area contributed by atoms with Crippen molar-refractivity contribution in [3.05, 3.63) is 12.7 Å². The van der Waals surface area contributed by atoms with E-state index in [4.69, 9.17) is 36.4 Å². The standard InChI is InChI=1S/C7H13NO4.C5H12O4/c1-2-6(11)12-5-7(8,3-9)4-10;6-1-5(2-7,3-8)4-9/h2,9-10H,1,3-5,8H2;6-9H,1-4H2. The van der Waals surface area contributed by atoms with E-state index in [2.05, 4.69) is 11.3 Å². The van der Waals surface area contributed by atoms with E-state index in [9.17, 15) is 4.79 Å². The quantitative estimate of drug-likeness (QED) is 0.167. The van der Waals surface area contributed by atoms with Gasteiger partial charge in [-0.25, -0.2) is 4.79 Å². The Morgan fingerprint density at radius 3 is 1.52 bits per heavy atom. The Balaban J connectivity index is 0. The topological polar surface area (TPSA) is 174 Å². The minimum absolute atomic E-state index is 0.231. The molecule has 21 heavy (non-hydrogen) atoms. The monoisotopic (exact) mass is 311 g/mol. The van der Waals surface area contributed by atoms with Crippen molar-refractivity contribution in [2.24, 2.45) is 11.1 Å². The van der Waals surface area contributed by atoms with Crippen LogP contribution in [0.2, 0.25) is 0 Å². The molecular formula is C12H25NO8. The molecule has 0 aliphatic rings. The number of carbonyl (C=O) groups is 1. The van der Waals surface area contributed by atoms with Crippen LogP contribution in [-0.4, -0.2) is 88.4 Å². The number of carbonyl (C=O) groups excluding carboxylic acids is 1. The fourth-order valence-electron chi connectivity index (χ4n) is 0.715. The summed E-state index contributed by atoms with van der Waals surface area (Å²) in [6, 6.07) is 0. The molecule has 9 heteroatoms. The first-order valence-electron chi connectivity index (χ1n) is 6.05. The molecule has 0 aromatic rings. The highest BCUT2D eigenvalue weighted by atomic mass is 16.5. The number of ether oxygens (including phenoxy) is 1. The summed E-state index contributed by atoms with van der Waals surface area (Å²) in [4.78, 5) is 10.5. The van der Waals surface area contributed by atoms with Gasteiger partial charge in [0.05, 0.1) is 50.6 Å². The van der Waals surface area contributed by atoms with Gasteiger partial charge in [-0.05, 0) is 0 Å². The van der Waals surface area contributed by atoms with E-state index in [1.54, 1.807) is 0 Å². The Kier molecular flexibility index (Phi) is 12.2. The minimum Gasteiger partial charge on any atom is -0.460 e. The van der Waals surface area contributed by atoms with Gasteiger partial charge < -0.3 is 41.1 Å². The second-order valence-corrected chi connectivity index (χ2v) is 4.62. The molecule has 0 atom stereocenters. The number of hydrogen-bond acceptors (Lipinski definition) is 9. The van der Waals surface area contributed by atoms with E-state index in [1.807, 2.05) is 0 Å². The van der Waals surface area contributed by atoms with Gasteiger partial charge in [0.2, 0.25) is 0 Å². The number of aliphatic hydroxyl groups excluding tert-OH is 6. The van der Waals surface area contributed by atoms with Gasteiger partial charge in [0.25, 0.3) is 0 Å². The summed E-state index contributed by atoms with van der Waals surface area (Å²) in [6.07, 6.45) is 0.981. The third kappa shape index (κ3) is 8.73. The predicted octanol–water partition coefficient (Wildman–Crippen LogP) is -3.66. The van der Waals surface area contributed by atoms with Crippen LogP contribution in [0.4, 0.5) is 0 Å². The summed E-state index contributed by atoms with van der Waals surface area (Å²) >= 11 is 0. The Bertz CT molecular complexity index is 271. The van der Waals surface area contributed by atoms with E-state index < -0.39 is 56.6 Å². The number of esters is 1. The molecule has 0 rings (SSSR count). The molecule has 0 saturated heterocycles. The molecule has 9 nitrogen and oxygen atoms in total. The normalized spacial score (nSPS) is 11.4. The number of rotatable bonds is 9. The number of hydrogen-bond donors (Lipinski definition) is 7. The summed E-state index contributed by atoms with van der Waals surface area (Å²) in [5.74, 6) is -0.633. The Labute approximate surface area is 122 Å². The largest absolute Gasteiger partial charge is 0.460 e. The van der Waals surface area contributed by atoms with Gasteiger partial charge in [-0.2, -0.15) is 0 Å².